The summed E-state index contributed by atoms with van der Waals surface area (Å²) in [7, 11) is 2.16. The Hall–Kier alpha value is -0.570. The van der Waals surface area contributed by atoms with Gasteiger partial charge in [-0.25, -0.2) is 0 Å². The number of carbonyl (C=O) groups is 1. The molecule has 0 aliphatic carbocycles. The molecule has 1 fully saturated rings. The van der Waals surface area contributed by atoms with Gasteiger partial charge in [0.1, 0.15) is 0 Å². The van der Waals surface area contributed by atoms with Crippen molar-refractivity contribution in [1.82, 2.24) is 10.2 Å². The number of rotatable bonds is 2. The second-order valence-electron chi connectivity index (χ2n) is 5.59. The number of amides is 1. The monoisotopic (exact) mass is 226 g/mol. The molecule has 3 heteroatoms. The molecule has 0 aromatic rings. The number of hydrogen-bond donors (Lipinski definition) is 1. The third-order valence-electron chi connectivity index (χ3n) is 4.91. The van der Waals surface area contributed by atoms with Crippen LogP contribution >= 0.6 is 0 Å². The molecular formula is C13H26N2O. The van der Waals surface area contributed by atoms with Crippen molar-refractivity contribution in [2.75, 3.05) is 7.05 Å². The fourth-order valence-corrected chi connectivity index (χ4v) is 2.73. The lowest BCUT2D eigenvalue weighted by Gasteiger charge is -2.49. The highest BCUT2D eigenvalue weighted by atomic mass is 16.1. The van der Waals surface area contributed by atoms with Crippen LogP contribution in [0.5, 0.6) is 0 Å². The largest absolute Gasteiger partial charge is 0.352 e. The van der Waals surface area contributed by atoms with Gasteiger partial charge in [-0.2, -0.15) is 0 Å². The first kappa shape index (κ1) is 13.5. The average molecular weight is 226 g/mol. The molecule has 1 saturated heterocycles. The molecule has 0 saturated carbocycles. The summed E-state index contributed by atoms with van der Waals surface area (Å²) < 4.78 is 0. The van der Waals surface area contributed by atoms with Gasteiger partial charge in [0.05, 0.1) is 0 Å². The second-order valence-corrected chi connectivity index (χ2v) is 5.59. The summed E-state index contributed by atoms with van der Waals surface area (Å²) >= 11 is 0. The molecule has 0 bridgehead atoms. The van der Waals surface area contributed by atoms with E-state index in [1.807, 2.05) is 0 Å². The van der Waals surface area contributed by atoms with Gasteiger partial charge in [0, 0.05) is 23.5 Å². The van der Waals surface area contributed by atoms with E-state index < -0.39 is 0 Å². The number of hydrogen-bond acceptors (Lipinski definition) is 2. The van der Waals surface area contributed by atoms with Gasteiger partial charge >= 0.3 is 0 Å². The van der Waals surface area contributed by atoms with Crippen molar-refractivity contribution in [2.24, 2.45) is 0 Å². The third-order valence-corrected chi connectivity index (χ3v) is 4.91. The van der Waals surface area contributed by atoms with Crippen LogP contribution in [0, 0.1) is 0 Å². The fraction of sp³-hybridized carbons (Fsp3) is 0.923. The molecule has 1 rings (SSSR count). The number of carbonyl (C=O) groups excluding carboxylic acids is 1. The Bertz CT molecular complexity index is 279. The molecule has 3 nitrogen and oxygen atoms in total. The minimum Gasteiger partial charge on any atom is -0.352 e. The van der Waals surface area contributed by atoms with Crippen LogP contribution in [0.25, 0.3) is 0 Å². The Morgan fingerprint density at radius 2 is 1.94 bits per heavy atom. The minimum atomic E-state index is -0.0282. The van der Waals surface area contributed by atoms with Crippen LogP contribution in [0.3, 0.4) is 0 Å². The Morgan fingerprint density at radius 1 is 1.38 bits per heavy atom. The summed E-state index contributed by atoms with van der Waals surface area (Å²) in [5, 5.41) is 3.12. The highest BCUT2D eigenvalue weighted by Gasteiger charge is 2.46. The zero-order valence-electron chi connectivity index (χ0n) is 11.6. The summed E-state index contributed by atoms with van der Waals surface area (Å²) in [6, 6.07) is 0.198. The van der Waals surface area contributed by atoms with E-state index in [1.165, 1.54) is 0 Å². The predicted octanol–water partition coefficient (Wildman–Crippen LogP) is 2.16. The van der Waals surface area contributed by atoms with Crippen molar-refractivity contribution >= 4 is 5.91 Å². The minimum absolute atomic E-state index is 0.0282. The molecule has 1 amide bonds. The van der Waals surface area contributed by atoms with Gasteiger partial charge in [0.15, 0.2) is 0 Å². The SMILES string of the molecule is CCC1(C)CC(=O)NC(C)[C@@](C)(CC)N1C. The molecule has 1 aliphatic rings. The van der Waals surface area contributed by atoms with Gasteiger partial charge in [0.25, 0.3) is 0 Å². The maximum Gasteiger partial charge on any atom is 0.222 e. The van der Waals surface area contributed by atoms with E-state index >= 15 is 0 Å². The topological polar surface area (TPSA) is 32.3 Å². The van der Waals surface area contributed by atoms with E-state index in [9.17, 15) is 4.79 Å². The van der Waals surface area contributed by atoms with E-state index in [0.29, 0.717) is 6.42 Å². The average Bonchev–Trinajstić information content (AvgIpc) is 2.30. The summed E-state index contributed by atoms with van der Waals surface area (Å²) in [6.07, 6.45) is 2.64. The number of nitrogens with one attached hydrogen (secondary N) is 1. The quantitative estimate of drug-likeness (QED) is 0.782. The maximum atomic E-state index is 11.9. The van der Waals surface area contributed by atoms with Crippen LogP contribution in [-0.4, -0.2) is 35.0 Å². The van der Waals surface area contributed by atoms with Crippen molar-refractivity contribution in [3.63, 3.8) is 0 Å². The highest BCUT2D eigenvalue weighted by molar-refractivity contribution is 5.78. The highest BCUT2D eigenvalue weighted by Crippen LogP contribution is 2.35. The molecule has 3 atom stereocenters. The molecule has 2 unspecified atom stereocenters. The Labute approximate surface area is 99.6 Å². The van der Waals surface area contributed by atoms with Gasteiger partial charge in [0.2, 0.25) is 5.91 Å². The molecule has 1 heterocycles. The van der Waals surface area contributed by atoms with Crippen LogP contribution < -0.4 is 5.32 Å². The summed E-state index contributed by atoms with van der Waals surface area (Å²) in [5.41, 5.74) is 0.0104. The van der Waals surface area contributed by atoms with Crippen LogP contribution in [0.15, 0.2) is 0 Å². The first-order chi connectivity index (χ1) is 7.30. The fourth-order valence-electron chi connectivity index (χ4n) is 2.73. The Morgan fingerprint density at radius 3 is 2.38 bits per heavy atom. The zero-order chi connectivity index (χ0) is 12.6. The van der Waals surface area contributed by atoms with Gasteiger partial charge < -0.3 is 5.32 Å². The standard InChI is InChI=1S/C13H26N2O/c1-7-12(4)9-11(16)14-10(3)13(5,8-2)15(12)6/h10H,7-9H2,1-6H3,(H,14,16)/t10?,12?,13-/m1/s1. The molecule has 94 valence electrons. The lowest BCUT2D eigenvalue weighted by Crippen LogP contribution is -2.60. The van der Waals surface area contributed by atoms with E-state index in [0.717, 1.165) is 12.8 Å². The zero-order valence-corrected chi connectivity index (χ0v) is 11.6. The van der Waals surface area contributed by atoms with Crippen LogP contribution in [-0.2, 0) is 4.79 Å². The van der Waals surface area contributed by atoms with Crippen molar-refractivity contribution in [3.8, 4) is 0 Å². The molecule has 0 aromatic heterocycles. The van der Waals surface area contributed by atoms with Gasteiger partial charge in [-0.15, -0.1) is 0 Å². The summed E-state index contributed by atoms with van der Waals surface area (Å²) in [4.78, 5) is 14.3. The first-order valence-electron chi connectivity index (χ1n) is 6.33. The molecule has 0 radical (unpaired) electrons. The van der Waals surface area contributed by atoms with Gasteiger partial charge in [-0.1, -0.05) is 13.8 Å². The molecule has 0 aromatic carbocycles. The predicted molar refractivity (Wildman–Crippen MR) is 67.4 cm³/mol. The maximum absolute atomic E-state index is 11.9. The number of likely N-dealkylation sites (N-methyl/N-ethyl adjacent to an activating group) is 1. The Balaban J connectivity index is 3.15. The van der Waals surface area contributed by atoms with Gasteiger partial charge in [-0.3, -0.25) is 9.69 Å². The lowest BCUT2D eigenvalue weighted by molar-refractivity contribution is -0.122. The summed E-state index contributed by atoms with van der Waals surface area (Å²) in [5.74, 6) is 0.181. The molecule has 1 N–H and O–H groups in total. The lowest BCUT2D eigenvalue weighted by atomic mass is 9.83. The van der Waals surface area contributed by atoms with Crippen LogP contribution in [0.2, 0.25) is 0 Å². The van der Waals surface area contributed by atoms with Crippen molar-refractivity contribution in [2.45, 2.75) is 71.0 Å². The molecular weight excluding hydrogens is 200 g/mol. The van der Waals surface area contributed by atoms with E-state index in [1.54, 1.807) is 0 Å². The molecule has 1 aliphatic heterocycles. The van der Waals surface area contributed by atoms with Gasteiger partial charge in [-0.05, 0) is 40.7 Å². The van der Waals surface area contributed by atoms with Crippen LogP contribution in [0.1, 0.15) is 53.9 Å². The van der Waals surface area contributed by atoms with E-state index in [2.05, 4.69) is 51.9 Å². The molecule has 16 heavy (non-hydrogen) atoms. The van der Waals surface area contributed by atoms with Crippen LogP contribution in [0.4, 0.5) is 0 Å². The van der Waals surface area contributed by atoms with Crippen molar-refractivity contribution in [3.05, 3.63) is 0 Å². The smallest absolute Gasteiger partial charge is 0.222 e. The summed E-state index contributed by atoms with van der Waals surface area (Å²) in [6.45, 7) is 10.9. The Kier molecular flexibility index (Phi) is 3.68. The van der Waals surface area contributed by atoms with Crippen molar-refractivity contribution < 1.29 is 4.79 Å². The van der Waals surface area contributed by atoms with E-state index in [-0.39, 0.29) is 23.0 Å². The second kappa shape index (κ2) is 4.36. The normalized spacial score (nSPS) is 41.6. The van der Waals surface area contributed by atoms with E-state index in [4.69, 9.17) is 0 Å². The van der Waals surface area contributed by atoms with Crippen molar-refractivity contribution in [1.29, 1.82) is 0 Å². The molecule has 0 spiro atoms. The third kappa shape index (κ3) is 1.97. The number of nitrogens with zero attached hydrogens (tertiary/aromatic N) is 1. The first-order valence-corrected chi connectivity index (χ1v) is 6.33.